The number of thioether (sulfide) groups is 1. The highest BCUT2D eigenvalue weighted by atomic mass is 32.2. The Morgan fingerprint density at radius 1 is 1.16 bits per heavy atom. The lowest BCUT2D eigenvalue weighted by Gasteiger charge is -2.34. The second kappa shape index (κ2) is 8.48. The summed E-state index contributed by atoms with van der Waals surface area (Å²) in [6.07, 6.45) is 0.819. The van der Waals surface area contributed by atoms with Gasteiger partial charge in [0.2, 0.25) is 5.13 Å². The first-order chi connectivity index (χ1) is 14.8. The summed E-state index contributed by atoms with van der Waals surface area (Å²) in [6.45, 7) is 3.60. The number of nitrogens with zero attached hydrogens (tertiary/aromatic N) is 3. The van der Waals surface area contributed by atoms with Gasteiger partial charge in [0, 0.05) is 0 Å². The van der Waals surface area contributed by atoms with Gasteiger partial charge < -0.3 is 4.74 Å². The summed E-state index contributed by atoms with van der Waals surface area (Å²) in [4.78, 5) is 13.0. The lowest BCUT2D eigenvalue weighted by molar-refractivity contribution is -0.122. The van der Waals surface area contributed by atoms with Gasteiger partial charge >= 0.3 is 0 Å². The molecular formula is C20H20N4O4S3. The predicted octanol–water partition coefficient (Wildman–Crippen LogP) is 3.47. The number of rotatable bonds is 5. The molecule has 31 heavy (non-hydrogen) atoms. The molecule has 4 rings (SSSR count). The highest BCUT2D eigenvalue weighted by Crippen LogP contribution is 2.38. The van der Waals surface area contributed by atoms with Crippen molar-refractivity contribution in [2.24, 2.45) is 0 Å². The van der Waals surface area contributed by atoms with Gasteiger partial charge in [0.15, 0.2) is 10.4 Å². The number of aromatic nitrogens is 2. The van der Waals surface area contributed by atoms with E-state index >= 15 is 0 Å². The molecule has 1 aromatic heterocycles. The van der Waals surface area contributed by atoms with Gasteiger partial charge in [-0.15, -0.1) is 10.2 Å². The van der Waals surface area contributed by atoms with E-state index in [1.165, 1.54) is 27.4 Å². The number of sulfonamides is 1. The molecular weight excluding hydrogens is 456 g/mol. The smallest absolute Gasteiger partial charge is 0.269 e. The number of carbonyl (C=O) groups is 1. The zero-order valence-electron chi connectivity index (χ0n) is 17.0. The number of fused-ring (bicyclic) bond motifs is 1. The number of anilines is 2. The molecule has 11 heteroatoms. The van der Waals surface area contributed by atoms with Crippen LogP contribution in [0, 0.1) is 13.8 Å². The Kier molecular flexibility index (Phi) is 5.91. The summed E-state index contributed by atoms with van der Waals surface area (Å²) >= 11 is 2.66. The van der Waals surface area contributed by atoms with E-state index in [4.69, 9.17) is 4.74 Å². The van der Waals surface area contributed by atoms with Crippen molar-refractivity contribution in [2.45, 2.75) is 29.2 Å². The first-order valence-electron chi connectivity index (χ1n) is 9.33. The second-order valence-electron chi connectivity index (χ2n) is 6.99. The molecule has 0 spiro atoms. The molecule has 2 aromatic carbocycles. The Morgan fingerprint density at radius 2 is 1.87 bits per heavy atom. The lowest BCUT2D eigenvalue weighted by atomic mass is 10.1. The standard InChI is InChI=1S/C20H20N4O4S3/c1-12-4-7-14(8-5-12)31(26,27)24-11-17(28-16-10-13(2)6-9-15(16)24)18(25)21-19-22-23-20(29-3)30-19/h4-10,17H,11H2,1-3H3,(H,21,22,25). The molecule has 162 valence electrons. The minimum Gasteiger partial charge on any atom is -0.476 e. The molecule has 1 N–H and O–H groups in total. The highest BCUT2D eigenvalue weighted by molar-refractivity contribution is 8.00. The maximum atomic E-state index is 13.4. The lowest BCUT2D eigenvalue weighted by Crippen LogP contribution is -2.48. The number of nitrogens with one attached hydrogen (secondary N) is 1. The molecule has 0 radical (unpaired) electrons. The van der Waals surface area contributed by atoms with Crippen LogP contribution in [0.5, 0.6) is 5.75 Å². The molecule has 1 aliphatic rings. The van der Waals surface area contributed by atoms with E-state index in [1.807, 2.05) is 26.2 Å². The maximum Gasteiger partial charge on any atom is 0.269 e. The molecule has 0 aliphatic carbocycles. The van der Waals surface area contributed by atoms with Gasteiger partial charge in [-0.2, -0.15) is 0 Å². The zero-order valence-corrected chi connectivity index (χ0v) is 19.5. The minimum atomic E-state index is -3.90. The Morgan fingerprint density at radius 3 is 2.55 bits per heavy atom. The number of carbonyl (C=O) groups excluding carboxylic acids is 1. The molecule has 0 bridgehead atoms. The summed E-state index contributed by atoms with van der Waals surface area (Å²) < 4.78 is 34.7. The van der Waals surface area contributed by atoms with Crippen LogP contribution in [0.15, 0.2) is 51.7 Å². The van der Waals surface area contributed by atoms with Crippen molar-refractivity contribution in [2.75, 3.05) is 22.4 Å². The summed E-state index contributed by atoms with van der Waals surface area (Å²) in [7, 11) is -3.90. The van der Waals surface area contributed by atoms with Gasteiger partial charge in [-0.25, -0.2) is 8.42 Å². The fourth-order valence-corrected chi connectivity index (χ4v) is 5.74. The normalized spacial score (nSPS) is 15.8. The minimum absolute atomic E-state index is 0.152. The van der Waals surface area contributed by atoms with Crippen molar-refractivity contribution in [3.8, 4) is 5.75 Å². The molecule has 3 aromatic rings. The number of hydrogen-bond acceptors (Lipinski definition) is 8. The molecule has 1 unspecified atom stereocenters. The van der Waals surface area contributed by atoms with Crippen molar-refractivity contribution in [1.82, 2.24) is 10.2 Å². The first-order valence-corrected chi connectivity index (χ1v) is 12.8. The highest BCUT2D eigenvalue weighted by Gasteiger charge is 2.38. The number of amides is 1. The van der Waals surface area contributed by atoms with Crippen LogP contribution in [0.25, 0.3) is 0 Å². The third kappa shape index (κ3) is 4.39. The quantitative estimate of drug-likeness (QED) is 0.444. The molecule has 0 saturated heterocycles. The van der Waals surface area contributed by atoms with E-state index in [-0.39, 0.29) is 11.4 Å². The largest absolute Gasteiger partial charge is 0.476 e. The maximum absolute atomic E-state index is 13.4. The van der Waals surface area contributed by atoms with Gasteiger partial charge in [-0.3, -0.25) is 14.4 Å². The SMILES string of the molecule is CSc1nnc(NC(=O)C2CN(S(=O)(=O)c3ccc(C)cc3)c3ccc(C)cc3O2)s1. The van der Waals surface area contributed by atoms with Crippen LogP contribution in [0.1, 0.15) is 11.1 Å². The van der Waals surface area contributed by atoms with E-state index < -0.39 is 22.0 Å². The van der Waals surface area contributed by atoms with Crippen molar-refractivity contribution in [1.29, 1.82) is 0 Å². The first kappa shape index (κ1) is 21.6. The fraction of sp³-hybridized carbons (Fsp3) is 0.250. The molecule has 0 fully saturated rings. The van der Waals surface area contributed by atoms with Crippen LogP contribution >= 0.6 is 23.1 Å². The topological polar surface area (TPSA) is 101 Å². The van der Waals surface area contributed by atoms with Gasteiger partial charge in [-0.1, -0.05) is 46.9 Å². The Bertz CT molecular complexity index is 1230. The van der Waals surface area contributed by atoms with Crippen LogP contribution in [0.4, 0.5) is 10.8 Å². The van der Waals surface area contributed by atoms with E-state index in [1.54, 1.807) is 36.4 Å². The van der Waals surface area contributed by atoms with Crippen molar-refractivity contribution >= 4 is 49.8 Å². The number of ether oxygens (including phenoxy) is 1. The predicted molar refractivity (Wildman–Crippen MR) is 122 cm³/mol. The Balaban J connectivity index is 1.68. The number of hydrogen-bond donors (Lipinski definition) is 1. The van der Waals surface area contributed by atoms with E-state index in [2.05, 4.69) is 15.5 Å². The molecule has 1 atom stereocenters. The number of benzene rings is 2. The molecule has 1 amide bonds. The van der Waals surface area contributed by atoms with E-state index in [0.29, 0.717) is 20.9 Å². The molecule has 8 nitrogen and oxygen atoms in total. The van der Waals surface area contributed by atoms with Crippen LogP contribution in [-0.2, 0) is 14.8 Å². The van der Waals surface area contributed by atoms with Crippen molar-refractivity contribution in [3.63, 3.8) is 0 Å². The third-order valence-corrected chi connectivity index (χ3v) is 8.31. The second-order valence-corrected chi connectivity index (χ2v) is 10.9. The summed E-state index contributed by atoms with van der Waals surface area (Å²) in [5.41, 5.74) is 2.24. The third-order valence-electron chi connectivity index (χ3n) is 4.70. The van der Waals surface area contributed by atoms with Crippen LogP contribution in [-0.4, -0.2) is 43.4 Å². The monoisotopic (exact) mass is 476 g/mol. The van der Waals surface area contributed by atoms with Gasteiger partial charge in [0.1, 0.15) is 5.75 Å². The van der Waals surface area contributed by atoms with Crippen molar-refractivity contribution < 1.29 is 17.9 Å². The van der Waals surface area contributed by atoms with Crippen LogP contribution in [0.3, 0.4) is 0 Å². The summed E-state index contributed by atoms with van der Waals surface area (Å²) in [6, 6.07) is 11.8. The molecule has 2 heterocycles. The summed E-state index contributed by atoms with van der Waals surface area (Å²) in [5, 5.41) is 10.9. The van der Waals surface area contributed by atoms with E-state index in [9.17, 15) is 13.2 Å². The van der Waals surface area contributed by atoms with Crippen molar-refractivity contribution in [3.05, 3.63) is 53.6 Å². The number of aryl methyl sites for hydroxylation is 2. The zero-order chi connectivity index (χ0) is 22.2. The summed E-state index contributed by atoms with van der Waals surface area (Å²) in [5.74, 6) is -0.149. The Hall–Kier alpha value is -2.63. The van der Waals surface area contributed by atoms with Crippen LogP contribution in [0.2, 0.25) is 0 Å². The fourth-order valence-electron chi connectivity index (χ4n) is 3.09. The molecule has 0 saturated carbocycles. The van der Waals surface area contributed by atoms with Crippen LogP contribution < -0.4 is 14.4 Å². The van der Waals surface area contributed by atoms with Gasteiger partial charge in [-0.05, 0) is 49.9 Å². The van der Waals surface area contributed by atoms with Gasteiger partial charge in [0.25, 0.3) is 15.9 Å². The van der Waals surface area contributed by atoms with E-state index in [0.717, 1.165) is 11.1 Å². The van der Waals surface area contributed by atoms with Gasteiger partial charge in [0.05, 0.1) is 17.1 Å². The average molecular weight is 477 g/mol. The Labute approximate surface area is 188 Å². The molecule has 1 aliphatic heterocycles. The average Bonchev–Trinajstić information content (AvgIpc) is 3.20.